The molecule has 0 amide bonds. The predicted molar refractivity (Wildman–Crippen MR) is 120 cm³/mol. The second-order valence-electron chi connectivity index (χ2n) is 6.95. The number of phenolic OH excluding ortho intramolecular Hbond substituents is 1. The average Bonchev–Trinajstić information content (AvgIpc) is 2.88. The van der Waals surface area contributed by atoms with E-state index in [4.69, 9.17) is 14.7 Å². The SMILES string of the molecule is COC(=O)c1ccc(-c2nc(-c3ccc(C#N)cc3)nc(-c3ccc(OC)cc3O)n2)cc1. The zero-order valence-corrected chi connectivity index (χ0v) is 17.8. The van der Waals surface area contributed by atoms with Crippen molar-refractivity contribution in [2.24, 2.45) is 0 Å². The number of hydrogen-bond donors (Lipinski definition) is 1. The van der Waals surface area contributed by atoms with Gasteiger partial charge >= 0.3 is 5.97 Å². The Kier molecular flexibility index (Phi) is 5.96. The maximum Gasteiger partial charge on any atom is 0.337 e. The molecule has 0 aliphatic heterocycles. The highest BCUT2D eigenvalue weighted by atomic mass is 16.5. The molecule has 4 rings (SSSR count). The molecule has 4 aromatic rings. The van der Waals surface area contributed by atoms with Crippen LogP contribution in [0.25, 0.3) is 34.2 Å². The van der Waals surface area contributed by atoms with Crippen molar-refractivity contribution in [3.8, 4) is 51.7 Å². The van der Waals surface area contributed by atoms with E-state index in [0.717, 1.165) is 0 Å². The van der Waals surface area contributed by atoms with Crippen molar-refractivity contribution in [1.29, 1.82) is 5.26 Å². The molecule has 1 N–H and O–H groups in total. The number of nitrogens with zero attached hydrogens (tertiary/aromatic N) is 4. The number of phenols is 1. The summed E-state index contributed by atoms with van der Waals surface area (Å²) in [7, 11) is 2.83. The molecule has 0 spiro atoms. The molecule has 1 aromatic heterocycles. The van der Waals surface area contributed by atoms with E-state index in [0.29, 0.717) is 45.2 Å². The molecule has 162 valence electrons. The third kappa shape index (κ3) is 4.48. The van der Waals surface area contributed by atoms with Crippen LogP contribution >= 0.6 is 0 Å². The van der Waals surface area contributed by atoms with E-state index in [-0.39, 0.29) is 11.6 Å². The van der Waals surface area contributed by atoms with Gasteiger partial charge < -0.3 is 14.6 Å². The number of esters is 1. The van der Waals surface area contributed by atoms with Crippen LogP contribution in [0, 0.1) is 11.3 Å². The molecule has 8 nitrogen and oxygen atoms in total. The number of ether oxygens (including phenoxy) is 2. The first-order valence-corrected chi connectivity index (χ1v) is 9.85. The predicted octanol–water partition coefficient (Wildman–Crippen LogP) is 4.25. The summed E-state index contributed by atoms with van der Waals surface area (Å²) in [5.74, 6) is 0.989. The quantitative estimate of drug-likeness (QED) is 0.460. The van der Waals surface area contributed by atoms with Crippen molar-refractivity contribution in [3.63, 3.8) is 0 Å². The van der Waals surface area contributed by atoms with Crippen LogP contribution < -0.4 is 4.74 Å². The number of hydrogen-bond acceptors (Lipinski definition) is 8. The third-order valence-electron chi connectivity index (χ3n) is 4.92. The highest BCUT2D eigenvalue weighted by Gasteiger charge is 2.16. The fourth-order valence-electron chi connectivity index (χ4n) is 3.15. The minimum absolute atomic E-state index is 0.0432. The number of carbonyl (C=O) groups is 1. The van der Waals surface area contributed by atoms with Crippen molar-refractivity contribution in [2.45, 2.75) is 0 Å². The molecule has 0 unspecified atom stereocenters. The lowest BCUT2D eigenvalue weighted by molar-refractivity contribution is 0.0600. The molecule has 8 heteroatoms. The summed E-state index contributed by atoms with van der Waals surface area (Å²) >= 11 is 0. The van der Waals surface area contributed by atoms with Crippen LogP contribution in [0.3, 0.4) is 0 Å². The lowest BCUT2D eigenvalue weighted by Gasteiger charge is -2.10. The van der Waals surface area contributed by atoms with Crippen LogP contribution in [0.15, 0.2) is 66.7 Å². The van der Waals surface area contributed by atoms with Crippen LogP contribution in [0.4, 0.5) is 0 Å². The van der Waals surface area contributed by atoms with Gasteiger partial charge in [-0.05, 0) is 48.5 Å². The molecule has 33 heavy (non-hydrogen) atoms. The molecule has 0 aliphatic rings. The molecule has 0 bridgehead atoms. The van der Waals surface area contributed by atoms with E-state index in [9.17, 15) is 9.90 Å². The van der Waals surface area contributed by atoms with Gasteiger partial charge in [0, 0.05) is 17.2 Å². The lowest BCUT2D eigenvalue weighted by atomic mass is 10.1. The zero-order valence-electron chi connectivity index (χ0n) is 17.8. The minimum atomic E-state index is -0.445. The molecule has 3 aromatic carbocycles. The highest BCUT2D eigenvalue weighted by Crippen LogP contribution is 2.32. The van der Waals surface area contributed by atoms with Gasteiger partial charge in [-0.2, -0.15) is 5.26 Å². The molecule has 0 saturated heterocycles. The van der Waals surface area contributed by atoms with Crippen molar-refractivity contribution in [1.82, 2.24) is 15.0 Å². The second kappa shape index (κ2) is 9.16. The standard InChI is InChI=1S/C25H18N4O4/c1-32-19-11-12-20(21(30)13-19)24-28-22(16-5-3-15(14-26)4-6-16)27-23(29-24)17-7-9-18(10-8-17)25(31)33-2/h3-13,30H,1-2H3. The Morgan fingerprint density at radius 1 is 0.848 bits per heavy atom. The number of methoxy groups -OCH3 is 2. The van der Waals surface area contributed by atoms with Crippen LogP contribution in [0.5, 0.6) is 11.5 Å². The van der Waals surface area contributed by atoms with E-state index >= 15 is 0 Å². The number of carbonyl (C=O) groups excluding carboxylic acids is 1. The van der Waals surface area contributed by atoms with E-state index in [2.05, 4.69) is 21.0 Å². The lowest BCUT2D eigenvalue weighted by Crippen LogP contribution is -2.02. The average molecular weight is 438 g/mol. The van der Waals surface area contributed by atoms with Gasteiger partial charge in [-0.1, -0.05) is 12.1 Å². The van der Waals surface area contributed by atoms with Crippen molar-refractivity contribution >= 4 is 5.97 Å². The smallest absolute Gasteiger partial charge is 0.337 e. The van der Waals surface area contributed by atoms with Gasteiger partial charge in [-0.3, -0.25) is 0 Å². The molecular weight excluding hydrogens is 420 g/mol. The Bertz CT molecular complexity index is 1360. The summed E-state index contributed by atoms with van der Waals surface area (Å²) in [6.07, 6.45) is 0. The Labute approximate surface area is 189 Å². The molecule has 0 saturated carbocycles. The first-order valence-electron chi connectivity index (χ1n) is 9.85. The fourth-order valence-corrected chi connectivity index (χ4v) is 3.15. The van der Waals surface area contributed by atoms with Crippen molar-refractivity contribution in [3.05, 3.63) is 77.9 Å². The van der Waals surface area contributed by atoms with E-state index < -0.39 is 5.97 Å². The topological polar surface area (TPSA) is 118 Å². The maximum absolute atomic E-state index is 11.8. The Hall–Kier alpha value is -4.77. The summed E-state index contributed by atoms with van der Waals surface area (Å²) < 4.78 is 9.90. The summed E-state index contributed by atoms with van der Waals surface area (Å²) in [6.45, 7) is 0. The fraction of sp³-hybridized carbons (Fsp3) is 0.0800. The Balaban J connectivity index is 1.86. The number of benzene rings is 3. The van der Waals surface area contributed by atoms with Crippen LogP contribution in [-0.2, 0) is 4.74 Å². The summed E-state index contributed by atoms with van der Waals surface area (Å²) in [5, 5.41) is 19.6. The normalized spacial score (nSPS) is 10.3. The van der Waals surface area contributed by atoms with E-state index in [1.807, 2.05) is 0 Å². The van der Waals surface area contributed by atoms with Crippen LogP contribution in [0.2, 0.25) is 0 Å². The van der Waals surface area contributed by atoms with Gasteiger partial charge in [0.1, 0.15) is 11.5 Å². The molecule has 0 fully saturated rings. The second-order valence-corrected chi connectivity index (χ2v) is 6.95. The molecule has 1 heterocycles. The molecule has 0 atom stereocenters. The zero-order chi connectivity index (χ0) is 23.4. The van der Waals surface area contributed by atoms with Crippen molar-refractivity contribution < 1.29 is 19.4 Å². The van der Waals surface area contributed by atoms with Crippen molar-refractivity contribution in [2.75, 3.05) is 14.2 Å². The Morgan fingerprint density at radius 2 is 1.42 bits per heavy atom. The number of aromatic nitrogens is 3. The summed E-state index contributed by atoms with van der Waals surface area (Å²) in [4.78, 5) is 25.4. The maximum atomic E-state index is 11.8. The Morgan fingerprint density at radius 3 is 1.94 bits per heavy atom. The first kappa shape index (κ1) is 21.5. The van der Waals surface area contributed by atoms with Gasteiger partial charge in [0.05, 0.1) is 37.0 Å². The highest BCUT2D eigenvalue weighted by molar-refractivity contribution is 5.89. The van der Waals surface area contributed by atoms with Gasteiger partial charge in [0.2, 0.25) is 0 Å². The number of nitriles is 1. The number of aromatic hydroxyl groups is 1. The molecule has 0 aliphatic carbocycles. The summed E-state index contributed by atoms with van der Waals surface area (Å²) in [6, 6.07) is 20.4. The van der Waals surface area contributed by atoms with Gasteiger partial charge in [0.25, 0.3) is 0 Å². The van der Waals surface area contributed by atoms with Gasteiger partial charge in [-0.15, -0.1) is 0 Å². The first-order chi connectivity index (χ1) is 16.0. The van der Waals surface area contributed by atoms with E-state index in [1.54, 1.807) is 60.7 Å². The van der Waals surface area contributed by atoms with Crippen LogP contribution in [0.1, 0.15) is 15.9 Å². The van der Waals surface area contributed by atoms with Gasteiger partial charge in [-0.25, -0.2) is 19.7 Å². The number of rotatable bonds is 5. The summed E-state index contributed by atoms with van der Waals surface area (Å²) in [5.41, 5.74) is 2.64. The minimum Gasteiger partial charge on any atom is -0.507 e. The molecule has 0 radical (unpaired) electrons. The largest absolute Gasteiger partial charge is 0.507 e. The third-order valence-corrected chi connectivity index (χ3v) is 4.92. The van der Waals surface area contributed by atoms with Crippen LogP contribution in [-0.4, -0.2) is 40.2 Å². The molecular formula is C25H18N4O4. The van der Waals surface area contributed by atoms with E-state index in [1.165, 1.54) is 20.3 Å². The monoisotopic (exact) mass is 438 g/mol. The van der Waals surface area contributed by atoms with Gasteiger partial charge in [0.15, 0.2) is 17.5 Å².